The van der Waals surface area contributed by atoms with Crippen LogP contribution < -0.4 is 10.3 Å². The molecule has 0 amide bonds. The Bertz CT molecular complexity index is 638. The molecule has 0 saturated heterocycles. The molecule has 0 aliphatic heterocycles. The largest absolute Gasteiger partial charge is 0.409 e. The molecule has 2 heterocycles. The summed E-state index contributed by atoms with van der Waals surface area (Å²) in [7, 11) is 0. The van der Waals surface area contributed by atoms with Crippen LogP contribution in [0.15, 0.2) is 45.8 Å². The van der Waals surface area contributed by atoms with Crippen LogP contribution in [0.1, 0.15) is 6.92 Å². The first-order valence-corrected chi connectivity index (χ1v) is 5.90. The quantitative estimate of drug-likeness (QED) is 0.795. The Labute approximate surface area is 111 Å². The van der Waals surface area contributed by atoms with Gasteiger partial charge in [0.2, 0.25) is 5.88 Å². The highest BCUT2D eigenvalue weighted by molar-refractivity contribution is 9.10. The van der Waals surface area contributed by atoms with Crippen LogP contribution in [0.4, 0.5) is 0 Å². The first-order chi connectivity index (χ1) is 8.59. The van der Waals surface area contributed by atoms with Crippen LogP contribution in [0.25, 0.3) is 5.82 Å². The number of pyridine rings is 2. The van der Waals surface area contributed by atoms with E-state index in [1.807, 2.05) is 0 Å². The molecular formula is C12H9BrN2O3. The third kappa shape index (κ3) is 2.48. The standard InChI is InChI=1S/C12H9BrN2O3/c1-8(16)18-11-6-5-9(13)12(17)15(11)10-4-2-3-7-14-10/h2-7H,1H3. The summed E-state index contributed by atoms with van der Waals surface area (Å²) in [5.74, 6) is 0.0239. The van der Waals surface area contributed by atoms with E-state index >= 15 is 0 Å². The van der Waals surface area contributed by atoms with Crippen LogP contribution in [0.2, 0.25) is 0 Å². The lowest BCUT2D eigenvalue weighted by Gasteiger charge is -2.11. The summed E-state index contributed by atoms with van der Waals surface area (Å²) in [5, 5.41) is 0. The molecule has 2 aromatic rings. The van der Waals surface area contributed by atoms with Gasteiger partial charge in [0.15, 0.2) is 0 Å². The lowest BCUT2D eigenvalue weighted by atomic mass is 10.4. The second kappa shape index (κ2) is 5.14. The van der Waals surface area contributed by atoms with Crippen molar-refractivity contribution in [2.24, 2.45) is 0 Å². The van der Waals surface area contributed by atoms with Gasteiger partial charge in [0.1, 0.15) is 5.82 Å². The van der Waals surface area contributed by atoms with Gasteiger partial charge in [-0.05, 0) is 34.1 Å². The van der Waals surface area contributed by atoms with Crippen LogP contribution in [0.3, 0.4) is 0 Å². The van der Waals surface area contributed by atoms with Crippen molar-refractivity contribution in [3.63, 3.8) is 0 Å². The predicted octanol–water partition coefficient (Wildman–Crippen LogP) is 1.92. The summed E-state index contributed by atoms with van der Waals surface area (Å²) in [5.41, 5.74) is -0.340. The molecule has 2 aromatic heterocycles. The lowest BCUT2D eigenvalue weighted by molar-refractivity contribution is -0.132. The fourth-order valence-electron chi connectivity index (χ4n) is 1.43. The second-order valence-electron chi connectivity index (χ2n) is 3.44. The van der Waals surface area contributed by atoms with Gasteiger partial charge in [0, 0.05) is 19.2 Å². The average Bonchev–Trinajstić information content (AvgIpc) is 2.35. The van der Waals surface area contributed by atoms with E-state index < -0.39 is 5.97 Å². The number of rotatable bonds is 2. The molecular weight excluding hydrogens is 300 g/mol. The van der Waals surface area contributed by atoms with Crippen molar-refractivity contribution < 1.29 is 9.53 Å². The highest BCUT2D eigenvalue weighted by Gasteiger charge is 2.12. The molecule has 0 N–H and O–H groups in total. The number of nitrogens with zero attached hydrogens (tertiary/aromatic N) is 2. The van der Waals surface area contributed by atoms with Crippen LogP contribution >= 0.6 is 15.9 Å². The number of aromatic nitrogens is 2. The molecule has 0 aliphatic carbocycles. The zero-order valence-corrected chi connectivity index (χ0v) is 11.0. The average molecular weight is 309 g/mol. The van der Waals surface area contributed by atoms with Gasteiger partial charge in [-0.1, -0.05) is 6.07 Å². The summed E-state index contributed by atoms with van der Waals surface area (Å²) in [6.45, 7) is 1.27. The molecule has 5 nitrogen and oxygen atoms in total. The van der Waals surface area contributed by atoms with E-state index in [0.29, 0.717) is 10.3 Å². The zero-order chi connectivity index (χ0) is 13.1. The predicted molar refractivity (Wildman–Crippen MR) is 68.8 cm³/mol. The highest BCUT2D eigenvalue weighted by atomic mass is 79.9. The fraction of sp³-hybridized carbons (Fsp3) is 0.0833. The van der Waals surface area contributed by atoms with Crippen molar-refractivity contribution in [3.05, 3.63) is 51.4 Å². The van der Waals surface area contributed by atoms with Crippen molar-refractivity contribution >= 4 is 21.9 Å². The van der Waals surface area contributed by atoms with Gasteiger partial charge in [0.05, 0.1) is 4.47 Å². The molecule has 0 unspecified atom stereocenters. The SMILES string of the molecule is CC(=O)Oc1ccc(Br)c(=O)n1-c1ccccn1. The third-order valence-electron chi connectivity index (χ3n) is 2.13. The van der Waals surface area contributed by atoms with Gasteiger partial charge >= 0.3 is 5.97 Å². The molecule has 0 fully saturated rings. The summed E-state index contributed by atoms with van der Waals surface area (Å²) in [6, 6.07) is 8.19. The Morgan fingerprint density at radius 1 is 1.33 bits per heavy atom. The molecule has 0 spiro atoms. The van der Waals surface area contributed by atoms with Crippen molar-refractivity contribution in [2.45, 2.75) is 6.92 Å². The Morgan fingerprint density at radius 2 is 2.11 bits per heavy atom. The molecule has 18 heavy (non-hydrogen) atoms. The highest BCUT2D eigenvalue weighted by Crippen LogP contribution is 2.16. The third-order valence-corrected chi connectivity index (χ3v) is 2.73. The summed E-state index contributed by atoms with van der Waals surface area (Å²) in [6.07, 6.45) is 1.56. The molecule has 0 radical (unpaired) electrons. The molecule has 6 heteroatoms. The Morgan fingerprint density at radius 3 is 2.72 bits per heavy atom. The van der Waals surface area contributed by atoms with Crippen LogP contribution in [-0.2, 0) is 4.79 Å². The van der Waals surface area contributed by atoms with E-state index in [-0.39, 0.29) is 11.4 Å². The van der Waals surface area contributed by atoms with Crippen molar-refractivity contribution in [1.29, 1.82) is 0 Å². The van der Waals surface area contributed by atoms with E-state index in [1.165, 1.54) is 23.6 Å². The number of halogens is 1. The smallest absolute Gasteiger partial charge is 0.309 e. The van der Waals surface area contributed by atoms with Gasteiger partial charge < -0.3 is 4.74 Å². The maximum Gasteiger partial charge on any atom is 0.309 e. The van der Waals surface area contributed by atoms with Crippen molar-refractivity contribution in [3.8, 4) is 11.7 Å². The number of hydrogen-bond donors (Lipinski definition) is 0. The minimum Gasteiger partial charge on any atom is -0.409 e. The monoisotopic (exact) mass is 308 g/mol. The van der Waals surface area contributed by atoms with Gasteiger partial charge in [-0.3, -0.25) is 9.59 Å². The molecule has 2 rings (SSSR count). The van der Waals surface area contributed by atoms with Crippen molar-refractivity contribution in [1.82, 2.24) is 9.55 Å². The van der Waals surface area contributed by atoms with E-state index in [1.54, 1.807) is 24.4 Å². The van der Waals surface area contributed by atoms with E-state index in [2.05, 4.69) is 20.9 Å². The topological polar surface area (TPSA) is 61.2 Å². The number of ether oxygens (including phenoxy) is 1. The minimum atomic E-state index is -0.499. The summed E-state index contributed by atoms with van der Waals surface area (Å²) >= 11 is 3.14. The summed E-state index contributed by atoms with van der Waals surface area (Å²) in [4.78, 5) is 27.1. The molecule has 0 aliphatic rings. The maximum absolute atomic E-state index is 12.1. The summed E-state index contributed by atoms with van der Waals surface area (Å²) < 4.78 is 6.59. The van der Waals surface area contributed by atoms with Gasteiger partial charge in [-0.25, -0.2) is 9.55 Å². The Kier molecular flexibility index (Phi) is 3.57. The number of carbonyl (C=O) groups is 1. The van der Waals surface area contributed by atoms with Crippen LogP contribution in [0, 0.1) is 0 Å². The molecule has 0 aromatic carbocycles. The normalized spacial score (nSPS) is 10.1. The first kappa shape index (κ1) is 12.5. The van der Waals surface area contributed by atoms with Crippen LogP contribution in [-0.4, -0.2) is 15.5 Å². The number of esters is 1. The van der Waals surface area contributed by atoms with Gasteiger partial charge in [-0.2, -0.15) is 0 Å². The Balaban J connectivity index is 2.66. The zero-order valence-electron chi connectivity index (χ0n) is 9.46. The van der Waals surface area contributed by atoms with Crippen LogP contribution in [0.5, 0.6) is 5.88 Å². The number of carbonyl (C=O) groups excluding carboxylic acids is 1. The van der Waals surface area contributed by atoms with E-state index in [0.717, 1.165) is 0 Å². The molecule has 0 bridgehead atoms. The minimum absolute atomic E-state index is 0.134. The molecule has 92 valence electrons. The van der Waals surface area contributed by atoms with E-state index in [9.17, 15) is 9.59 Å². The Hall–Kier alpha value is -1.95. The van der Waals surface area contributed by atoms with E-state index in [4.69, 9.17) is 4.74 Å². The fourth-order valence-corrected chi connectivity index (χ4v) is 1.74. The number of hydrogen-bond acceptors (Lipinski definition) is 4. The van der Waals surface area contributed by atoms with Crippen molar-refractivity contribution in [2.75, 3.05) is 0 Å². The first-order valence-electron chi connectivity index (χ1n) is 5.11. The second-order valence-corrected chi connectivity index (χ2v) is 4.30. The maximum atomic E-state index is 12.1. The lowest BCUT2D eigenvalue weighted by Crippen LogP contribution is -2.22. The van der Waals surface area contributed by atoms with Gasteiger partial charge in [-0.15, -0.1) is 0 Å². The molecule has 0 saturated carbocycles. The van der Waals surface area contributed by atoms with Gasteiger partial charge in [0.25, 0.3) is 5.56 Å². The molecule has 0 atom stereocenters.